The fourth-order valence-corrected chi connectivity index (χ4v) is 4.55. The predicted molar refractivity (Wildman–Crippen MR) is 104 cm³/mol. The van der Waals surface area contributed by atoms with Crippen molar-refractivity contribution in [1.82, 2.24) is 0 Å². The maximum absolute atomic E-state index is 10.6. The lowest BCUT2D eigenvalue weighted by Crippen LogP contribution is -2.23. The van der Waals surface area contributed by atoms with Crippen LogP contribution in [0.3, 0.4) is 0 Å². The van der Waals surface area contributed by atoms with Crippen molar-refractivity contribution in [2.75, 3.05) is 0 Å². The lowest BCUT2D eigenvalue weighted by molar-refractivity contribution is -0.137. The molecule has 5 atom stereocenters. The molecule has 3 N–H and O–H groups in total. The molecule has 4 heteroatoms. The Hall–Kier alpha value is -1.13. The molecule has 0 spiro atoms. The van der Waals surface area contributed by atoms with Crippen molar-refractivity contribution in [2.24, 2.45) is 17.8 Å². The number of unbranched alkanes of at least 4 members (excludes halogenated alkanes) is 3. The molecule has 0 aromatic rings. The van der Waals surface area contributed by atoms with Crippen molar-refractivity contribution in [3.63, 3.8) is 0 Å². The molecule has 0 heterocycles. The van der Waals surface area contributed by atoms with Gasteiger partial charge in [-0.3, -0.25) is 4.79 Å². The van der Waals surface area contributed by atoms with Crippen LogP contribution in [0.5, 0.6) is 0 Å². The maximum atomic E-state index is 10.6. The van der Waals surface area contributed by atoms with Crippen LogP contribution in [0, 0.1) is 17.8 Å². The van der Waals surface area contributed by atoms with E-state index < -0.39 is 11.6 Å². The molecule has 0 aliphatic heterocycles. The summed E-state index contributed by atoms with van der Waals surface area (Å²) < 4.78 is 0. The van der Waals surface area contributed by atoms with Crippen LogP contribution in [0.25, 0.3) is 0 Å². The van der Waals surface area contributed by atoms with E-state index in [4.69, 9.17) is 5.11 Å². The van der Waals surface area contributed by atoms with Crippen LogP contribution in [-0.2, 0) is 4.79 Å². The topological polar surface area (TPSA) is 77.8 Å². The number of hydrogen-bond donors (Lipinski definition) is 3. The summed E-state index contributed by atoms with van der Waals surface area (Å²) in [4.78, 5) is 10.6. The first-order chi connectivity index (χ1) is 12.3. The first-order valence-electron chi connectivity index (χ1n) is 10.3. The normalized spacial score (nSPS) is 30.4. The molecular weight excluding hydrogens is 328 g/mol. The van der Waals surface area contributed by atoms with E-state index in [1.54, 1.807) is 0 Å². The van der Waals surface area contributed by atoms with Crippen LogP contribution in [0.1, 0.15) is 78.1 Å². The molecule has 0 radical (unpaired) electrons. The first kappa shape index (κ1) is 21.2. The highest BCUT2D eigenvalue weighted by Gasteiger charge is 2.43. The Labute approximate surface area is 158 Å². The average Bonchev–Trinajstić information content (AvgIpc) is 3.06. The molecule has 0 aromatic heterocycles. The third kappa shape index (κ3) is 6.24. The minimum atomic E-state index is -0.793. The van der Waals surface area contributed by atoms with Gasteiger partial charge in [0.15, 0.2) is 0 Å². The quantitative estimate of drug-likeness (QED) is 0.373. The lowest BCUT2D eigenvalue weighted by Gasteiger charge is -2.22. The van der Waals surface area contributed by atoms with E-state index >= 15 is 0 Å². The Bertz CT molecular complexity index is 520. The van der Waals surface area contributed by atoms with Crippen molar-refractivity contribution < 1.29 is 20.1 Å². The fourth-order valence-electron chi connectivity index (χ4n) is 4.55. The minimum absolute atomic E-state index is 0.116. The van der Waals surface area contributed by atoms with Crippen molar-refractivity contribution in [2.45, 2.75) is 89.8 Å². The zero-order valence-corrected chi connectivity index (χ0v) is 16.4. The molecule has 4 nitrogen and oxygen atoms in total. The second-order valence-corrected chi connectivity index (χ2v) is 8.51. The number of hydrogen-bond acceptors (Lipinski definition) is 3. The molecule has 5 unspecified atom stereocenters. The summed E-state index contributed by atoms with van der Waals surface area (Å²) in [5, 5.41) is 29.7. The summed E-state index contributed by atoms with van der Waals surface area (Å²) in [6, 6.07) is 0. The van der Waals surface area contributed by atoms with Gasteiger partial charge in [-0.1, -0.05) is 50.0 Å². The highest BCUT2D eigenvalue weighted by Crippen LogP contribution is 2.48. The zero-order valence-electron chi connectivity index (χ0n) is 16.4. The Morgan fingerprint density at radius 2 is 2.08 bits per heavy atom. The van der Waals surface area contributed by atoms with E-state index in [-0.39, 0.29) is 18.4 Å². The van der Waals surface area contributed by atoms with Crippen LogP contribution in [0.15, 0.2) is 23.8 Å². The molecule has 1 fully saturated rings. The number of carboxylic acid groups (broad SMARTS) is 1. The first-order valence-corrected chi connectivity index (χ1v) is 10.3. The van der Waals surface area contributed by atoms with E-state index in [0.29, 0.717) is 11.8 Å². The van der Waals surface area contributed by atoms with Crippen LogP contribution < -0.4 is 0 Å². The number of rotatable bonds is 11. The van der Waals surface area contributed by atoms with Gasteiger partial charge in [-0.25, -0.2) is 0 Å². The van der Waals surface area contributed by atoms with Gasteiger partial charge >= 0.3 is 5.97 Å². The largest absolute Gasteiger partial charge is 0.481 e. The zero-order chi connectivity index (χ0) is 19.2. The Balaban J connectivity index is 1.85. The summed E-state index contributed by atoms with van der Waals surface area (Å²) in [6.45, 7) is 4.02. The number of aliphatic hydroxyl groups excluding tert-OH is 1. The summed E-state index contributed by atoms with van der Waals surface area (Å²) in [5.41, 5.74) is 0.629. The number of fused-ring (bicyclic) bond motifs is 1. The second kappa shape index (κ2) is 9.70. The molecule has 2 aliphatic rings. The van der Waals surface area contributed by atoms with Gasteiger partial charge in [0.25, 0.3) is 0 Å². The molecular formula is C22H36O4. The summed E-state index contributed by atoms with van der Waals surface area (Å²) in [7, 11) is 0. The second-order valence-electron chi connectivity index (χ2n) is 8.51. The average molecular weight is 365 g/mol. The number of carboxylic acids is 1. The van der Waals surface area contributed by atoms with E-state index in [2.05, 4.69) is 19.1 Å². The number of allylic oxidation sites excluding steroid dienone is 2. The van der Waals surface area contributed by atoms with Gasteiger partial charge in [0.1, 0.15) is 0 Å². The summed E-state index contributed by atoms with van der Waals surface area (Å²) in [5.74, 6) is 0.258. The molecule has 148 valence electrons. The Kier molecular flexibility index (Phi) is 7.90. The van der Waals surface area contributed by atoms with Gasteiger partial charge in [0.2, 0.25) is 0 Å². The highest BCUT2D eigenvalue weighted by molar-refractivity contribution is 5.66. The predicted octanol–water partition coefficient (Wildman–Crippen LogP) is 4.46. The Morgan fingerprint density at radius 3 is 2.77 bits per heavy atom. The molecule has 2 aliphatic carbocycles. The van der Waals surface area contributed by atoms with Gasteiger partial charge in [-0.2, -0.15) is 0 Å². The third-order valence-electron chi connectivity index (χ3n) is 6.05. The van der Waals surface area contributed by atoms with E-state index in [9.17, 15) is 15.0 Å². The molecule has 0 bridgehead atoms. The fraction of sp³-hybridized carbons (Fsp3) is 0.773. The van der Waals surface area contributed by atoms with Crippen LogP contribution in [0.2, 0.25) is 0 Å². The summed E-state index contributed by atoms with van der Waals surface area (Å²) >= 11 is 0. The van der Waals surface area contributed by atoms with Gasteiger partial charge < -0.3 is 15.3 Å². The van der Waals surface area contributed by atoms with Crippen LogP contribution in [0.4, 0.5) is 0 Å². The van der Waals surface area contributed by atoms with Gasteiger partial charge in [0, 0.05) is 12.3 Å². The highest BCUT2D eigenvalue weighted by atomic mass is 16.4. The van der Waals surface area contributed by atoms with Crippen molar-refractivity contribution in [3.8, 4) is 0 Å². The molecule has 26 heavy (non-hydrogen) atoms. The molecule has 0 saturated heterocycles. The smallest absolute Gasteiger partial charge is 0.303 e. The molecule has 0 amide bonds. The molecule has 1 saturated carbocycles. The lowest BCUT2D eigenvalue weighted by atomic mass is 9.87. The minimum Gasteiger partial charge on any atom is -0.481 e. The maximum Gasteiger partial charge on any atom is 0.303 e. The SMILES string of the molecule is CCCCCC(C)(O)C=CC1C(O)CC2C=C(CCCCC(=O)O)CC21. The summed E-state index contributed by atoms with van der Waals surface area (Å²) in [6.07, 6.45) is 14.7. The number of aliphatic carboxylic acids is 1. The molecule has 0 aromatic carbocycles. The number of aliphatic hydroxyl groups is 2. The van der Waals surface area contributed by atoms with E-state index in [1.807, 2.05) is 13.0 Å². The van der Waals surface area contributed by atoms with E-state index in [1.165, 1.54) is 5.57 Å². The van der Waals surface area contributed by atoms with Gasteiger partial charge in [-0.15, -0.1) is 0 Å². The van der Waals surface area contributed by atoms with Crippen molar-refractivity contribution in [3.05, 3.63) is 23.8 Å². The van der Waals surface area contributed by atoms with Crippen molar-refractivity contribution >= 4 is 5.97 Å². The van der Waals surface area contributed by atoms with Crippen LogP contribution in [-0.4, -0.2) is 33.0 Å². The third-order valence-corrected chi connectivity index (χ3v) is 6.05. The standard InChI is InChI=1S/C22H36O4/c1-3-4-7-11-22(2,26)12-10-18-19-14-16(8-5-6-9-21(24)25)13-17(19)15-20(18)23/h10,12-13,17-20,23,26H,3-9,11,14-15H2,1-2H3,(H,24,25). The van der Waals surface area contributed by atoms with Gasteiger partial charge in [0.05, 0.1) is 11.7 Å². The molecule has 2 rings (SSSR count). The van der Waals surface area contributed by atoms with Gasteiger partial charge in [-0.05, 0) is 57.3 Å². The Morgan fingerprint density at radius 1 is 1.31 bits per heavy atom. The monoisotopic (exact) mass is 364 g/mol. The number of carbonyl (C=O) groups is 1. The van der Waals surface area contributed by atoms with Crippen molar-refractivity contribution in [1.29, 1.82) is 0 Å². The van der Waals surface area contributed by atoms with Crippen LogP contribution >= 0.6 is 0 Å². The van der Waals surface area contributed by atoms with E-state index in [0.717, 1.165) is 57.8 Å².